The van der Waals surface area contributed by atoms with Gasteiger partial charge in [0, 0.05) is 11.1 Å². The Morgan fingerprint density at radius 2 is 2.00 bits per heavy atom. The SMILES string of the molecule is COc1cc(/C=C/c2nc3cc(Cl)ccc3o2)cc(Cl)c1O. The zero-order valence-corrected chi connectivity index (χ0v) is 13.0. The molecule has 0 saturated carbocycles. The van der Waals surface area contributed by atoms with Crippen molar-refractivity contribution in [2.24, 2.45) is 0 Å². The summed E-state index contributed by atoms with van der Waals surface area (Å²) in [5, 5.41) is 10.5. The second-order valence-electron chi connectivity index (χ2n) is 4.55. The number of nitrogens with zero attached hydrogens (tertiary/aromatic N) is 1. The summed E-state index contributed by atoms with van der Waals surface area (Å²) < 4.78 is 10.6. The molecule has 2 aromatic carbocycles. The summed E-state index contributed by atoms with van der Waals surface area (Å²) in [6.45, 7) is 0. The van der Waals surface area contributed by atoms with Gasteiger partial charge in [0.2, 0.25) is 5.89 Å². The first-order valence-electron chi connectivity index (χ1n) is 6.37. The van der Waals surface area contributed by atoms with Gasteiger partial charge < -0.3 is 14.3 Å². The number of oxazole rings is 1. The number of aromatic hydroxyl groups is 1. The third-order valence-electron chi connectivity index (χ3n) is 3.06. The summed E-state index contributed by atoms with van der Waals surface area (Å²) in [7, 11) is 1.46. The molecule has 0 aliphatic heterocycles. The molecule has 1 N–H and O–H groups in total. The van der Waals surface area contributed by atoms with E-state index in [9.17, 15) is 5.11 Å². The van der Waals surface area contributed by atoms with Crippen LogP contribution in [0.25, 0.3) is 23.3 Å². The molecule has 0 spiro atoms. The van der Waals surface area contributed by atoms with E-state index in [0.717, 1.165) is 5.56 Å². The van der Waals surface area contributed by atoms with Gasteiger partial charge in [-0.15, -0.1) is 0 Å². The van der Waals surface area contributed by atoms with Gasteiger partial charge in [-0.1, -0.05) is 23.2 Å². The van der Waals surface area contributed by atoms with Gasteiger partial charge in [-0.3, -0.25) is 0 Å². The van der Waals surface area contributed by atoms with Crippen LogP contribution in [0.1, 0.15) is 11.5 Å². The lowest BCUT2D eigenvalue weighted by Crippen LogP contribution is -1.85. The van der Waals surface area contributed by atoms with Gasteiger partial charge in [0.1, 0.15) is 5.52 Å². The number of halogens is 2. The van der Waals surface area contributed by atoms with Crippen LogP contribution >= 0.6 is 23.2 Å². The van der Waals surface area contributed by atoms with E-state index >= 15 is 0 Å². The molecule has 0 saturated heterocycles. The minimum Gasteiger partial charge on any atom is -0.503 e. The normalized spacial score (nSPS) is 11.4. The van der Waals surface area contributed by atoms with Crippen molar-refractivity contribution in [2.45, 2.75) is 0 Å². The Morgan fingerprint density at radius 1 is 1.18 bits per heavy atom. The summed E-state index contributed by atoms with van der Waals surface area (Å²) in [4.78, 5) is 4.32. The molecule has 0 radical (unpaired) electrons. The van der Waals surface area contributed by atoms with Gasteiger partial charge in [-0.2, -0.15) is 0 Å². The average molecular weight is 336 g/mol. The molecule has 0 atom stereocenters. The maximum absolute atomic E-state index is 9.70. The summed E-state index contributed by atoms with van der Waals surface area (Å²) >= 11 is 11.9. The van der Waals surface area contributed by atoms with Crippen LogP contribution in [0.5, 0.6) is 11.5 Å². The van der Waals surface area contributed by atoms with E-state index in [-0.39, 0.29) is 10.8 Å². The van der Waals surface area contributed by atoms with Gasteiger partial charge in [0.25, 0.3) is 0 Å². The van der Waals surface area contributed by atoms with Crippen molar-refractivity contribution in [2.75, 3.05) is 7.11 Å². The molecule has 6 heteroatoms. The third-order valence-corrected chi connectivity index (χ3v) is 3.58. The molecule has 0 aliphatic rings. The van der Waals surface area contributed by atoms with Gasteiger partial charge in [-0.25, -0.2) is 4.98 Å². The molecule has 3 aromatic rings. The van der Waals surface area contributed by atoms with E-state index in [1.807, 2.05) is 0 Å². The Kier molecular flexibility index (Phi) is 3.96. The van der Waals surface area contributed by atoms with Crippen LogP contribution in [-0.2, 0) is 0 Å². The molecule has 1 heterocycles. The van der Waals surface area contributed by atoms with Crippen molar-refractivity contribution in [3.8, 4) is 11.5 Å². The quantitative estimate of drug-likeness (QED) is 0.730. The molecule has 112 valence electrons. The van der Waals surface area contributed by atoms with E-state index in [0.29, 0.717) is 27.8 Å². The maximum Gasteiger partial charge on any atom is 0.220 e. The van der Waals surface area contributed by atoms with E-state index in [2.05, 4.69) is 4.98 Å². The van der Waals surface area contributed by atoms with Crippen LogP contribution in [0.3, 0.4) is 0 Å². The zero-order chi connectivity index (χ0) is 15.7. The number of methoxy groups -OCH3 is 1. The fourth-order valence-electron chi connectivity index (χ4n) is 2.00. The van der Waals surface area contributed by atoms with Gasteiger partial charge >= 0.3 is 0 Å². The Hall–Kier alpha value is -2.17. The van der Waals surface area contributed by atoms with E-state index < -0.39 is 0 Å². The standard InChI is InChI=1S/C16H11Cl2NO3/c1-21-14-7-9(6-11(18)16(14)20)2-5-15-19-12-8-10(17)3-4-13(12)22-15/h2-8,20H,1H3/b5-2+. The lowest BCUT2D eigenvalue weighted by atomic mass is 10.2. The highest BCUT2D eigenvalue weighted by atomic mass is 35.5. The first-order chi connectivity index (χ1) is 10.6. The van der Waals surface area contributed by atoms with Gasteiger partial charge in [0.05, 0.1) is 12.1 Å². The Balaban J connectivity index is 1.94. The molecule has 1 aromatic heterocycles. The van der Waals surface area contributed by atoms with Crippen molar-refractivity contribution < 1.29 is 14.3 Å². The van der Waals surface area contributed by atoms with Crippen LogP contribution in [-0.4, -0.2) is 17.2 Å². The topological polar surface area (TPSA) is 55.5 Å². The smallest absolute Gasteiger partial charge is 0.220 e. The molecular weight excluding hydrogens is 325 g/mol. The molecule has 0 fully saturated rings. The molecule has 4 nitrogen and oxygen atoms in total. The number of ether oxygens (including phenoxy) is 1. The van der Waals surface area contributed by atoms with Crippen LogP contribution < -0.4 is 4.74 Å². The number of phenols is 1. The number of aromatic nitrogens is 1. The predicted molar refractivity (Wildman–Crippen MR) is 87.6 cm³/mol. The number of hydrogen-bond donors (Lipinski definition) is 1. The van der Waals surface area contributed by atoms with Crippen LogP contribution in [0.2, 0.25) is 10.0 Å². The monoisotopic (exact) mass is 335 g/mol. The lowest BCUT2D eigenvalue weighted by molar-refractivity contribution is 0.373. The van der Waals surface area contributed by atoms with Gasteiger partial charge in [-0.05, 0) is 42.0 Å². The maximum atomic E-state index is 9.70. The predicted octanol–water partition coefficient (Wildman–Crippen LogP) is 5.02. The molecular formula is C16H11Cl2NO3. The van der Waals surface area contributed by atoms with Crippen molar-refractivity contribution in [3.05, 3.63) is 51.8 Å². The van der Waals surface area contributed by atoms with Crippen LogP contribution in [0.4, 0.5) is 0 Å². The molecule has 3 rings (SSSR count). The van der Waals surface area contributed by atoms with Gasteiger partial charge in [0.15, 0.2) is 17.1 Å². The van der Waals surface area contributed by atoms with E-state index in [1.165, 1.54) is 7.11 Å². The summed E-state index contributed by atoms with van der Waals surface area (Å²) in [5.41, 5.74) is 2.10. The molecule has 0 aliphatic carbocycles. The number of phenolic OH excluding ortho intramolecular Hbond substituents is 1. The minimum atomic E-state index is -0.0854. The lowest BCUT2D eigenvalue weighted by Gasteiger charge is -2.05. The first-order valence-corrected chi connectivity index (χ1v) is 7.13. The fraction of sp³-hybridized carbons (Fsp3) is 0.0625. The van der Waals surface area contributed by atoms with Crippen molar-refractivity contribution in [1.82, 2.24) is 4.98 Å². The molecule has 0 bridgehead atoms. The first kappa shape index (κ1) is 14.8. The van der Waals surface area contributed by atoms with E-state index in [4.69, 9.17) is 32.4 Å². The highest BCUT2D eigenvalue weighted by Gasteiger charge is 2.08. The summed E-state index contributed by atoms with van der Waals surface area (Å²) in [6, 6.07) is 8.53. The second kappa shape index (κ2) is 5.91. The largest absolute Gasteiger partial charge is 0.503 e. The van der Waals surface area contributed by atoms with Crippen molar-refractivity contribution >= 4 is 46.5 Å². The summed E-state index contributed by atoms with van der Waals surface area (Å²) in [5.74, 6) is 0.662. The Bertz CT molecular complexity index is 871. The molecule has 0 amide bonds. The number of benzene rings is 2. The van der Waals surface area contributed by atoms with E-state index in [1.54, 1.807) is 42.5 Å². The van der Waals surface area contributed by atoms with Crippen LogP contribution in [0, 0.1) is 0 Å². The highest BCUT2D eigenvalue weighted by Crippen LogP contribution is 2.35. The fourth-order valence-corrected chi connectivity index (χ4v) is 2.39. The number of fused-ring (bicyclic) bond motifs is 1. The second-order valence-corrected chi connectivity index (χ2v) is 5.39. The number of rotatable bonds is 3. The molecule has 22 heavy (non-hydrogen) atoms. The average Bonchev–Trinajstić information content (AvgIpc) is 2.90. The summed E-state index contributed by atoms with van der Waals surface area (Å²) in [6.07, 6.45) is 3.47. The van der Waals surface area contributed by atoms with Crippen molar-refractivity contribution in [1.29, 1.82) is 0 Å². The van der Waals surface area contributed by atoms with Crippen LogP contribution in [0.15, 0.2) is 34.7 Å². The number of hydrogen-bond acceptors (Lipinski definition) is 4. The van der Waals surface area contributed by atoms with Crippen molar-refractivity contribution in [3.63, 3.8) is 0 Å². The Labute approximate surface area is 136 Å². The Morgan fingerprint density at radius 3 is 2.77 bits per heavy atom. The highest BCUT2D eigenvalue weighted by molar-refractivity contribution is 6.32. The zero-order valence-electron chi connectivity index (χ0n) is 11.5. The third kappa shape index (κ3) is 2.89. The minimum absolute atomic E-state index is 0.0854. The molecule has 0 unspecified atom stereocenters.